The molecular weight excluding hydrogens is 228 g/mol. The molecule has 1 heterocycles. The molecule has 5 nitrogen and oxygen atoms in total. The summed E-state index contributed by atoms with van der Waals surface area (Å²) >= 11 is 0. The van der Waals surface area contributed by atoms with E-state index in [9.17, 15) is 13.5 Å². The molecule has 0 unspecified atom stereocenters. The molecular formula is C10H12N2O3S. The van der Waals surface area contributed by atoms with Crippen molar-refractivity contribution in [2.45, 2.75) is 6.67 Å². The summed E-state index contributed by atoms with van der Waals surface area (Å²) < 4.78 is 25.6. The minimum absolute atomic E-state index is 0.0271. The minimum Gasteiger partial charge on any atom is -0.494 e. The smallest absolute Gasteiger partial charge is 0.210 e. The van der Waals surface area contributed by atoms with Crippen LogP contribution in [0, 0.1) is 0 Å². The maximum atomic E-state index is 10.9. The van der Waals surface area contributed by atoms with Gasteiger partial charge in [0.1, 0.15) is 0 Å². The lowest BCUT2D eigenvalue weighted by atomic mass is 10.2. The molecule has 2 aromatic rings. The number of nitrogens with one attached hydrogen (secondary N) is 1. The van der Waals surface area contributed by atoms with Crippen molar-refractivity contribution in [2.24, 2.45) is 0 Å². The summed E-state index contributed by atoms with van der Waals surface area (Å²) in [7, 11) is -3.26. The Balaban J connectivity index is 2.35. The first-order valence-corrected chi connectivity index (χ1v) is 6.58. The Bertz CT molecular complexity index is 616. The summed E-state index contributed by atoms with van der Waals surface area (Å²) in [6.07, 6.45) is 2.77. The Morgan fingerprint density at radius 1 is 1.38 bits per heavy atom. The molecule has 0 radical (unpaired) electrons. The van der Waals surface area contributed by atoms with E-state index in [1.165, 1.54) is 4.57 Å². The Labute approximate surface area is 93.4 Å². The van der Waals surface area contributed by atoms with E-state index in [-0.39, 0.29) is 12.5 Å². The van der Waals surface area contributed by atoms with Crippen molar-refractivity contribution in [3.63, 3.8) is 0 Å². The molecule has 86 valence electrons. The van der Waals surface area contributed by atoms with Gasteiger partial charge in [-0.3, -0.25) is 0 Å². The second kappa shape index (κ2) is 3.80. The zero-order valence-electron chi connectivity index (χ0n) is 8.71. The molecule has 16 heavy (non-hydrogen) atoms. The number of rotatable bonds is 3. The number of aromatic hydroxyl groups is 1. The van der Waals surface area contributed by atoms with E-state index in [0.717, 1.165) is 11.6 Å². The van der Waals surface area contributed by atoms with E-state index in [4.69, 9.17) is 0 Å². The molecule has 0 saturated carbocycles. The molecule has 0 saturated heterocycles. The quantitative estimate of drug-likeness (QED) is 0.835. The summed E-state index contributed by atoms with van der Waals surface area (Å²) in [5, 5.41) is 11.4. The van der Waals surface area contributed by atoms with Gasteiger partial charge in [0.25, 0.3) is 0 Å². The van der Waals surface area contributed by atoms with Crippen molar-refractivity contribution in [3.8, 4) is 5.88 Å². The van der Waals surface area contributed by atoms with Crippen molar-refractivity contribution in [1.29, 1.82) is 0 Å². The highest BCUT2D eigenvalue weighted by Gasteiger charge is 2.08. The Morgan fingerprint density at radius 2 is 2.06 bits per heavy atom. The third-order valence-corrected chi connectivity index (χ3v) is 2.92. The fourth-order valence-electron chi connectivity index (χ4n) is 1.50. The van der Waals surface area contributed by atoms with Crippen molar-refractivity contribution >= 4 is 20.8 Å². The number of hydrogen-bond donors (Lipinski definition) is 2. The topological polar surface area (TPSA) is 71.3 Å². The number of hydrogen-bond acceptors (Lipinski definition) is 3. The first kappa shape index (κ1) is 11.0. The highest BCUT2D eigenvalue weighted by molar-refractivity contribution is 7.88. The van der Waals surface area contributed by atoms with Crippen LogP contribution in [0.25, 0.3) is 10.8 Å². The first-order chi connectivity index (χ1) is 7.47. The fraction of sp³-hybridized carbons (Fsp3) is 0.200. The Hall–Kier alpha value is -1.53. The summed E-state index contributed by atoms with van der Waals surface area (Å²) in [6.45, 7) is 0.0271. The van der Waals surface area contributed by atoms with Gasteiger partial charge in [-0.15, -0.1) is 0 Å². The molecule has 0 atom stereocenters. The highest BCUT2D eigenvalue weighted by atomic mass is 32.2. The number of nitrogens with zero attached hydrogens (tertiary/aromatic N) is 1. The van der Waals surface area contributed by atoms with E-state index in [1.807, 2.05) is 18.2 Å². The van der Waals surface area contributed by atoms with Gasteiger partial charge in [0.05, 0.1) is 12.9 Å². The number of fused-ring (bicyclic) bond motifs is 1. The number of sulfonamides is 1. The average molecular weight is 240 g/mol. The minimum atomic E-state index is -3.26. The number of aromatic nitrogens is 1. The Morgan fingerprint density at radius 3 is 2.69 bits per heavy atom. The fourth-order valence-corrected chi connectivity index (χ4v) is 1.88. The predicted octanol–water partition coefficient (Wildman–Crippen LogP) is 0.854. The third-order valence-electron chi connectivity index (χ3n) is 2.27. The van der Waals surface area contributed by atoms with Gasteiger partial charge in [-0.2, -0.15) is 4.72 Å². The van der Waals surface area contributed by atoms with Crippen LogP contribution in [0.2, 0.25) is 0 Å². The average Bonchev–Trinajstić information content (AvgIpc) is 2.53. The molecule has 0 aliphatic carbocycles. The van der Waals surface area contributed by atoms with Crippen molar-refractivity contribution in [2.75, 3.05) is 6.26 Å². The largest absolute Gasteiger partial charge is 0.494 e. The van der Waals surface area contributed by atoms with Gasteiger partial charge in [-0.1, -0.05) is 18.2 Å². The SMILES string of the molecule is CS(=O)(=O)NCn1cc2ccccc2c1O. The zero-order chi connectivity index (χ0) is 11.8. The van der Waals surface area contributed by atoms with Gasteiger partial charge in [-0.25, -0.2) is 8.42 Å². The van der Waals surface area contributed by atoms with Gasteiger partial charge in [0.2, 0.25) is 10.0 Å². The second-order valence-electron chi connectivity index (χ2n) is 3.58. The lowest BCUT2D eigenvalue weighted by molar-refractivity contribution is 0.418. The summed E-state index contributed by atoms with van der Waals surface area (Å²) in [4.78, 5) is 0. The molecule has 0 fully saturated rings. The van der Waals surface area contributed by atoms with Gasteiger partial charge >= 0.3 is 0 Å². The van der Waals surface area contributed by atoms with Crippen molar-refractivity contribution < 1.29 is 13.5 Å². The van der Waals surface area contributed by atoms with E-state index in [0.29, 0.717) is 5.39 Å². The van der Waals surface area contributed by atoms with E-state index < -0.39 is 10.0 Å². The van der Waals surface area contributed by atoms with Crippen LogP contribution in [0.15, 0.2) is 30.5 Å². The monoisotopic (exact) mass is 240 g/mol. The van der Waals surface area contributed by atoms with Crippen LogP contribution >= 0.6 is 0 Å². The van der Waals surface area contributed by atoms with Crippen LogP contribution in [0.3, 0.4) is 0 Å². The molecule has 0 amide bonds. The molecule has 2 rings (SSSR count). The highest BCUT2D eigenvalue weighted by Crippen LogP contribution is 2.26. The van der Waals surface area contributed by atoms with E-state index in [2.05, 4.69) is 4.72 Å². The second-order valence-corrected chi connectivity index (χ2v) is 5.42. The lowest BCUT2D eigenvalue weighted by Crippen LogP contribution is -2.24. The van der Waals surface area contributed by atoms with Crippen molar-refractivity contribution in [3.05, 3.63) is 30.5 Å². The Kier molecular flexibility index (Phi) is 2.61. The molecule has 0 aliphatic heterocycles. The van der Waals surface area contributed by atoms with E-state index >= 15 is 0 Å². The van der Waals surface area contributed by atoms with Crippen LogP contribution in [-0.4, -0.2) is 24.3 Å². The molecule has 0 aliphatic rings. The third kappa shape index (κ3) is 2.17. The summed E-state index contributed by atoms with van der Waals surface area (Å²) in [5.74, 6) is 0.0618. The standard InChI is InChI=1S/C10H12N2O3S/c1-16(14,15)11-7-12-6-8-4-2-3-5-9(8)10(12)13/h2-6,11,13H,7H2,1H3. The van der Waals surface area contributed by atoms with Crippen LogP contribution in [0.1, 0.15) is 0 Å². The van der Waals surface area contributed by atoms with Gasteiger partial charge in [0, 0.05) is 17.0 Å². The molecule has 1 aromatic heterocycles. The molecule has 6 heteroatoms. The maximum Gasteiger partial charge on any atom is 0.210 e. The summed E-state index contributed by atoms with van der Waals surface area (Å²) in [5.41, 5.74) is 0. The first-order valence-electron chi connectivity index (χ1n) is 4.69. The predicted molar refractivity (Wildman–Crippen MR) is 61.6 cm³/mol. The number of benzene rings is 1. The van der Waals surface area contributed by atoms with Gasteiger partial charge < -0.3 is 9.67 Å². The molecule has 0 spiro atoms. The lowest BCUT2D eigenvalue weighted by Gasteiger charge is -2.04. The van der Waals surface area contributed by atoms with E-state index in [1.54, 1.807) is 12.3 Å². The van der Waals surface area contributed by atoms with Gasteiger partial charge in [-0.05, 0) is 6.07 Å². The maximum absolute atomic E-state index is 10.9. The van der Waals surface area contributed by atoms with Crippen LogP contribution in [0.5, 0.6) is 5.88 Å². The zero-order valence-corrected chi connectivity index (χ0v) is 9.53. The molecule has 1 aromatic carbocycles. The van der Waals surface area contributed by atoms with Gasteiger partial charge in [0.15, 0.2) is 5.88 Å². The van der Waals surface area contributed by atoms with Crippen LogP contribution in [-0.2, 0) is 16.7 Å². The summed E-state index contributed by atoms with van der Waals surface area (Å²) in [6, 6.07) is 7.31. The van der Waals surface area contributed by atoms with Crippen LogP contribution < -0.4 is 4.72 Å². The normalized spacial score (nSPS) is 12.1. The molecule has 2 N–H and O–H groups in total. The van der Waals surface area contributed by atoms with Crippen molar-refractivity contribution in [1.82, 2.24) is 9.29 Å². The van der Waals surface area contributed by atoms with Crippen LogP contribution in [0.4, 0.5) is 0 Å². The molecule has 0 bridgehead atoms.